The lowest BCUT2D eigenvalue weighted by Crippen LogP contribution is -2.53. The van der Waals surface area contributed by atoms with Crippen molar-refractivity contribution in [1.29, 1.82) is 0 Å². The van der Waals surface area contributed by atoms with E-state index in [2.05, 4.69) is 0 Å². The number of aliphatic hydroxyl groups is 1. The molecule has 4 nitrogen and oxygen atoms in total. The molecule has 0 aromatic carbocycles. The molecule has 20 heavy (non-hydrogen) atoms. The molecule has 0 bridgehead atoms. The lowest BCUT2D eigenvalue weighted by molar-refractivity contribution is -0.141. The van der Waals surface area contributed by atoms with Gasteiger partial charge in [-0.3, -0.25) is 4.79 Å². The highest BCUT2D eigenvalue weighted by Crippen LogP contribution is 2.33. The van der Waals surface area contributed by atoms with Crippen LogP contribution in [0.5, 0.6) is 0 Å². The van der Waals surface area contributed by atoms with Gasteiger partial charge in [-0.15, -0.1) is 0 Å². The lowest BCUT2D eigenvalue weighted by atomic mass is 9.77. The van der Waals surface area contributed by atoms with Crippen molar-refractivity contribution in [1.82, 2.24) is 4.90 Å². The van der Waals surface area contributed by atoms with Crippen LogP contribution in [0, 0.1) is 5.41 Å². The number of carbonyl (C=O) groups excluding carboxylic acids is 1. The first kappa shape index (κ1) is 19.3. The van der Waals surface area contributed by atoms with E-state index in [4.69, 9.17) is 23.1 Å². The van der Waals surface area contributed by atoms with Gasteiger partial charge in [0, 0.05) is 19.2 Å². The van der Waals surface area contributed by atoms with Crippen LogP contribution >= 0.6 is 12.2 Å². The van der Waals surface area contributed by atoms with Gasteiger partial charge in [-0.25, -0.2) is 0 Å². The number of hydrogen-bond acceptors (Lipinski definition) is 3. The normalized spacial score (nSPS) is 11.7. The summed E-state index contributed by atoms with van der Waals surface area (Å²) in [6, 6.07) is 0.0801. The molecule has 0 aliphatic rings. The van der Waals surface area contributed by atoms with E-state index in [0.717, 1.165) is 12.8 Å². The largest absolute Gasteiger partial charge is 0.396 e. The van der Waals surface area contributed by atoms with Crippen molar-refractivity contribution in [2.24, 2.45) is 11.1 Å². The molecule has 0 atom stereocenters. The number of rotatable bonds is 10. The Morgan fingerprint density at radius 2 is 1.80 bits per heavy atom. The highest BCUT2D eigenvalue weighted by Gasteiger charge is 2.42. The fraction of sp³-hybridized carbons (Fsp3) is 0.867. The summed E-state index contributed by atoms with van der Waals surface area (Å²) in [6.45, 7) is 8.69. The van der Waals surface area contributed by atoms with Gasteiger partial charge in [0.25, 0.3) is 0 Å². The van der Waals surface area contributed by atoms with Crippen LogP contribution in [-0.2, 0) is 4.79 Å². The Labute approximate surface area is 128 Å². The maximum absolute atomic E-state index is 13.0. The molecule has 118 valence electrons. The van der Waals surface area contributed by atoms with Crippen molar-refractivity contribution >= 4 is 23.1 Å². The molecule has 0 aliphatic carbocycles. The van der Waals surface area contributed by atoms with E-state index >= 15 is 0 Å². The molecular formula is C15H30N2O2S. The van der Waals surface area contributed by atoms with Gasteiger partial charge in [0.1, 0.15) is 0 Å². The molecule has 0 spiro atoms. The Morgan fingerprint density at radius 1 is 1.30 bits per heavy atom. The zero-order chi connectivity index (χ0) is 15.8. The van der Waals surface area contributed by atoms with Crippen LogP contribution < -0.4 is 5.73 Å². The van der Waals surface area contributed by atoms with Crippen LogP contribution in [0.1, 0.15) is 59.8 Å². The molecule has 0 saturated carbocycles. The minimum absolute atomic E-state index is 0.0251. The number of nitrogens with two attached hydrogens (primary N) is 1. The monoisotopic (exact) mass is 302 g/mol. The summed E-state index contributed by atoms with van der Waals surface area (Å²) in [5.74, 6) is 0.0251. The third kappa shape index (κ3) is 4.70. The third-order valence-corrected chi connectivity index (χ3v) is 4.07. The Hall–Kier alpha value is -0.680. The van der Waals surface area contributed by atoms with E-state index in [1.165, 1.54) is 0 Å². The van der Waals surface area contributed by atoms with E-state index in [1.54, 1.807) is 4.90 Å². The molecule has 0 heterocycles. The first-order chi connectivity index (χ1) is 9.37. The first-order valence-electron chi connectivity index (χ1n) is 7.59. The Balaban J connectivity index is 5.39. The molecule has 3 N–H and O–H groups in total. The Kier molecular flexibility index (Phi) is 8.98. The maximum atomic E-state index is 13.0. The summed E-state index contributed by atoms with van der Waals surface area (Å²) in [5.41, 5.74) is 5.22. The van der Waals surface area contributed by atoms with Crippen LogP contribution in [0.3, 0.4) is 0 Å². The number of carbonyl (C=O) groups is 1. The van der Waals surface area contributed by atoms with E-state index in [-0.39, 0.29) is 18.6 Å². The second-order valence-corrected chi connectivity index (χ2v) is 6.06. The first-order valence-corrected chi connectivity index (χ1v) is 8.00. The topological polar surface area (TPSA) is 66.6 Å². The summed E-state index contributed by atoms with van der Waals surface area (Å²) in [5, 5.41) is 9.01. The Bertz CT molecular complexity index is 313. The minimum atomic E-state index is -0.724. The predicted octanol–water partition coefficient (Wildman–Crippen LogP) is 2.48. The third-order valence-electron chi connectivity index (χ3n) is 3.68. The van der Waals surface area contributed by atoms with Gasteiger partial charge in [-0.05, 0) is 33.1 Å². The van der Waals surface area contributed by atoms with Crippen molar-refractivity contribution in [3.05, 3.63) is 0 Å². The molecule has 0 aromatic rings. The highest BCUT2D eigenvalue weighted by molar-refractivity contribution is 7.80. The van der Waals surface area contributed by atoms with Crippen LogP contribution in [0.4, 0.5) is 0 Å². The van der Waals surface area contributed by atoms with Gasteiger partial charge in [0.2, 0.25) is 5.91 Å². The molecule has 0 aromatic heterocycles. The van der Waals surface area contributed by atoms with Gasteiger partial charge in [0.05, 0.1) is 10.4 Å². The summed E-state index contributed by atoms with van der Waals surface area (Å²) in [4.78, 5) is 15.1. The quantitative estimate of drug-likeness (QED) is 0.608. The predicted molar refractivity (Wildman–Crippen MR) is 87.6 cm³/mol. The second-order valence-electron chi connectivity index (χ2n) is 5.62. The number of nitrogens with zero attached hydrogens (tertiary/aromatic N) is 1. The molecule has 0 unspecified atom stereocenters. The lowest BCUT2D eigenvalue weighted by Gasteiger charge is -2.38. The molecule has 0 saturated heterocycles. The van der Waals surface area contributed by atoms with Gasteiger partial charge >= 0.3 is 0 Å². The van der Waals surface area contributed by atoms with E-state index in [0.29, 0.717) is 30.8 Å². The number of thiocarbonyl (C=S) groups is 1. The van der Waals surface area contributed by atoms with Gasteiger partial charge in [0.15, 0.2) is 0 Å². The Morgan fingerprint density at radius 3 is 2.10 bits per heavy atom. The summed E-state index contributed by atoms with van der Waals surface area (Å²) in [7, 11) is 0. The molecule has 0 fully saturated rings. The van der Waals surface area contributed by atoms with E-state index in [9.17, 15) is 4.79 Å². The fourth-order valence-electron chi connectivity index (χ4n) is 2.65. The average molecular weight is 302 g/mol. The number of hydrogen-bond donors (Lipinski definition) is 2. The standard InChI is InChI=1S/C15H30N2O2S/c1-5-8-15(9-6-2,13(16)20)14(19)17(12(3)4)10-7-11-18/h12,18H,5-11H2,1-4H3,(H2,16,20). The number of amides is 1. The number of aliphatic hydroxyl groups excluding tert-OH is 1. The summed E-state index contributed by atoms with van der Waals surface area (Å²) < 4.78 is 0. The van der Waals surface area contributed by atoms with Crippen LogP contribution in [0.15, 0.2) is 0 Å². The van der Waals surface area contributed by atoms with Crippen molar-refractivity contribution < 1.29 is 9.90 Å². The second kappa shape index (κ2) is 9.29. The summed E-state index contributed by atoms with van der Waals surface area (Å²) >= 11 is 5.24. The zero-order valence-electron chi connectivity index (χ0n) is 13.3. The van der Waals surface area contributed by atoms with E-state index < -0.39 is 5.41 Å². The maximum Gasteiger partial charge on any atom is 0.235 e. The van der Waals surface area contributed by atoms with Gasteiger partial charge in [-0.2, -0.15) is 0 Å². The minimum Gasteiger partial charge on any atom is -0.396 e. The van der Waals surface area contributed by atoms with Crippen LogP contribution in [0.25, 0.3) is 0 Å². The van der Waals surface area contributed by atoms with Crippen molar-refractivity contribution in [2.75, 3.05) is 13.2 Å². The molecule has 0 aliphatic heterocycles. The smallest absolute Gasteiger partial charge is 0.235 e. The summed E-state index contributed by atoms with van der Waals surface area (Å²) in [6.07, 6.45) is 3.70. The molecule has 0 radical (unpaired) electrons. The van der Waals surface area contributed by atoms with Crippen molar-refractivity contribution in [2.45, 2.75) is 65.8 Å². The fourth-order valence-corrected chi connectivity index (χ4v) is 2.95. The van der Waals surface area contributed by atoms with Crippen LogP contribution in [-0.4, -0.2) is 40.1 Å². The molecule has 0 rings (SSSR count). The van der Waals surface area contributed by atoms with Gasteiger partial charge in [-0.1, -0.05) is 38.9 Å². The van der Waals surface area contributed by atoms with Crippen molar-refractivity contribution in [3.63, 3.8) is 0 Å². The molecular weight excluding hydrogens is 272 g/mol. The van der Waals surface area contributed by atoms with Crippen LogP contribution in [0.2, 0.25) is 0 Å². The molecule has 5 heteroatoms. The SMILES string of the molecule is CCCC(CCC)(C(=O)N(CCCO)C(C)C)C(N)=S. The average Bonchev–Trinajstić information content (AvgIpc) is 2.37. The van der Waals surface area contributed by atoms with Gasteiger partial charge < -0.3 is 15.7 Å². The highest BCUT2D eigenvalue weighted by atomic mass is 32.1. The molecule has 1 amide bonds. The van der Waals surface area contributed by atoms with Crippen molar-refractivity contribution in [3.8, 4) is 0 Å². The van der Waals surface area contributed by atoms with E-state index in [1.807, 2.05) is 27.7 Å². The zero-order valence-corrected chi connectivity index (χ0v) is 14.1.